The summed E-state index contributed by atoms with van der Waals surface area (Å²) in [5.41, 5.74) is 2.21. The fourth-order valence-electron chi connectivity index (χ4n) is 2.45. The second-order valence-corrected chi connectivity index (χ2v) is 13.4. The third-order valence-corrected chi connectivity index (χ3v) is 6.81. The normalized spacial score (nSPS) is 24.7. The van der Waals surface area contributed by atoms with Gasteiger partial charge in [-0.05, 0) is 12.2 Å². The molecule has 0 fully saturated rings. The lowest BCUT2D eigenvalue weighted by molar-refractivity contribution is 0.367. The third kappa shape index (κ3) is 3.54. The average Bonchev–Trinajstić information content (AvgIpc) is 2.35. The van der Waals surface area contributed by atoms with Gasteiger partial charge in [-0.2, -0.15) is 0 Å². The summed E-state index contributed by atoms with van der Waals surface area (Å²) >= 11 is 14.1. The summed E-state index contributed by atoms with van der Waals surface area (Å²) in [6, 6.07) is 0. The maximum atomic E-state index is 9.90. The molecule has 0 radical (unpaired) electrons. The van der Waals surface area contributed by atoms with Gasteiger partial charge in [0.1, 0.15) is 18.0 Å². The lowest BCUT2D eigenvalue weighted by Crippen LogP contribution is -2.30. The smallest absolute Gasteiger partial charge is 0.141 e. The third-order valence-electron chi connectivity index (χ3n) is 4.06. The number of hydrogen-bond acceptors (Lipinski definition) is 2. The minimum atomic E-state index is -0.603. The Kier molecular flexibility index (Phi) is 4.96. The summed E-state index contributed by atoms with van der Waals surface area (Å²) in [6.45, 7) is 4.31. The van der Waals surface area contributed by atoms with E-state index in [-0.39, 0.29) is 16.9 Å². The Balaban J connectivity index is 2.36. The standard InChI is InChI=1S/C15H16Br4O2/c1-13(2,9-3-5-11(20)14(16,17)7-9)10-4-6-12(21)15(18,19)8-10/h3-6,20-21H,7-8H2,1-2H3. The van der Waals surface area contributed by atoms with Gasteiger partial charge in [-0.25, -0.2) is 0 Å². The molecule has 0 atom stereocenters. The minimum absolute atomic E-state index is 0.187. The van der Waals surface area contributed by atoms with Crippen LogP contribution in [0.2, 0.25) is 0 Å². The van der Waals surface area contributed by atoms with Gasteiger partial charge in [0.05, 0.1) is 0 Å². The van der Waals surface area contributed by atoms with Crippen molar-refractivity contribution in [2.75, 3.05) is 0 Å². The number of aliphatic hydroxyl groups excluding tert-OH is 2. The van der Waals surface area contributed by atoms with Crippen molar-refractivity contribution in [1.82, 2.24) is 0 Å². The van der Waals surface area contributed by atoms with E-state index in [1.54, 1.807) is 12.2 Å². The van der Waals surface area contributed by atoms with Crippen molar-refractivity contribution in [3.8, 4) is 0 Å². The van der Waals surface area contributed by atoms with Gasteiger partial charge in [0.2, 0.25) is 0 Å². The van der Waals surface area contributed by atoms with Crippen LogP contribution in [0.4, 0.5) is 0 Å². The molecule has 116 valence electrons. The molecule has 0 aromatic rings. The van der Waals surface area contributed by atoms with E-state index in [4.69, 9.17) is 0 Å². The predicted molar refractivity (Wildman–Crippen MR) is 102 cm³/mol. The zero-order valence-electron chi connectivity index (χ0n) is 11.6. The first-order valence-corrected chi connectivity index (χ1v) is 9.61. The molecule has 2 nitrogen and oxygen atoms in total. The summed E-state index contributed by atoms with van der Waals surface area (Å²) in [5.74, 6) is 0.542. The van der Waals surface area contributed by atoms with Crippen molar-refractivity contribution in [3.63, 3.8) is 0 Å². The van der Waals surface area contributed by atoms with Crippen LogP contribution in [0.3, 0.4) is 0 Å². The average molecular weight is 548 g/mol. The SMILES string of the molecule is CC(C)(C1=CC=C(O)C(Br)(Br)C1)C1=CC=C(O)C(Br)(Br)C1. The Morgan fingerprint density at radius 2 is 1.14 bits per heavy atom. The Bertz CT molecular complexity index is 530. The highest BCUT2D eigenvalue weighted by Crippen LogP contribution is 2.52. The molecular weight excluding hydrogens is 532 g/mol. The summed E-state index contributed by atoms with van der Waals surface area (Å²) < 4.78 is -1.21. The summed E-state index contributed by atoms with van der Waals surface area (Å²) in [4.78, 5) is 0. The van der Waals surface area contributed by atoms with Gasteiger partial charge in [0.25, 0.3) is 0 Å². The van der Waals surface area contributed by atoms with Gasteiger partial charge in [-0.15, -0.1) is 0 Å². The van der Waals surface area contributed by atoms with Gasteiger partial charge < -0.3 is 10.2 Å². The second-order valence-electron chi connectivity index (χ2n) is 5.88. The second kappa shape index (κ2) is 5.84. The van der Waals surface area contributed by atoms with Crippen LogP contribution in [0.1, 0.15) is 26.7 Å². The number of alkyl halides is 4. The van der Waals surface area contributed by atoms with Crippen molar-refractivity contribution in [3.05, 3.63) is 47.0 Å². The van der Waals surface area contributed by atoms with Crippen LogP contribution in [0.25, 0.3) is 0 Å². The van der Waals surface area contributed by atoms with E-state index in [1.165, 1.54) is 11.1 Å². The fraction of sp³-hybridized carbons (Fsp3) is 0.467. The highest BCUT2D eigenvalue weighted by Gasteiger charge is 2.41. The lowest BCUT2D eigenvalue weighted by Gasteiger charge is -2.39. The molecule has 0 saturated heterocycles. The molecule has 6 heteroatoms. The first-order chi connectivity index (χ1) is 9.47. The largest absolute Gasteiger partial charge is 0.510 e. The highest BCUT2D eigenvalue weighted by atomic mass is 79.9. The zero-order chi connectivity index (χ0) is 16.1. The Hall–Kier alpha value is 0.480. The molecule has 2 rings (SSSR count). The topological polar surface area (TPSA) is 40.5 Å². The van der Waals surface area contributed by atoms with E-state index in [2.05, 4.69) is 77.6 Å². The van der Waals surface area contributed by atoms with Gasteiger partial charge >= 0.3 is 0 Å². The fourth-order valence-corrected chi connectivity index (χ4v) is 4.18. The van der Waals surface area contributed by atoms with Crippen molar-refractivity contribution in [2.24, 2.45) is 5.41 Å². The van der Waals surface area contributed by atoms with Gasteiger partial charge in [0.15, 0.2) is 0 Å². The van der Waals surface area contributed by atoms with Crippen molar-refractivity contribution in [1.29, 1.82) is 0 Å². The predicted octanol–water partition coefficient (Wildman–Crippen LogP) is 6.53. The van der Waals surface area contributed by atoms with E-state index in [0.717, 1.165) is 0 Å². The molecule has 0 bridgehead atoms. The summed E-state index contributed by atoms with van der Waals surface area (Å²) in [7, 11) is 0. The van der Waals surface area contributed by atoms with Crippen LogP contribution in [0.15, 0.2) is 47.0 Å². The molecule has 0 spiro atoms. The Morgan fingerprint density at radius 3 is 1.43 bits per heavy atom. The molecule has 0 amide bonds. The number of halogens is 4. The number of rotatable bonds is 2. The maximum absolute atomic E-state index is 9.90. The van der Waals surface area contributed by atoms with E-state index in [9.17, 15) is 10.2 Å². The summed E-state index contributed by atoms with van der Waals surface area (Å²) in [5, 5.41) is 19.8. The monoisotopic (exact) mass is 544 g/mol. The zero-order valence-corrected chi connectivity index (χ0v) is 18.0. The van der Waals surface area contributed by atoms with Crippen molar-refractivity contribution < 1.29 is 10.2 Å². The first kappa shape index (κ1) is 17.8. The number of allylic oxidation sites excluding steroid dienone is 8. The molecule has 2 N–H and O–H groups in total. The van der Waals surface area contributed by atoms with Crippen molar-refractivity contribution in [2.45, 2.75) is 33.2 Å². The molecule has 2 aliphatic rings. The van der Waals surface area contributed by atoms with Crippen LogP contribution in [-0.2, 0) is 0 Å². The van der Waals surface area contributed by atoms with E-state index < -0.39 is 6.47 Å². The molecule has 21 heavy (non-hydrogen) atoms. The van der Waals surface area contributed by atoms with Crippen LogP contribution in [0, 0.1) is 5.41 Å². The molecule has 0 aromatic carbocycles. The maximum Gasteiger partial charge on any atom is 0.141 e. The van der Waals surface area contributed by atoms with Crippen LogP contribution >= 0.6 is 63.7 Å². The van der Waals surface area contributed by atoms with Gasteiger partial charge in [-0.1, -0.05) is 101 Å². The number of aliphatic hydroxyl groups is 2. The highest BCUT2D eigenvalue weighted by molar-refractivity contribution is 9.25. The Morgan fingerprint density at radius 1 is 0.810 bits per heavy atom. The van der Waals surface area contributed by atoms with Crippen molar-refractivity contribution >= 4 is 63.7 Å². The van der Waals surface area contributed by atoms with Crippen LogP contribution in [-0.4, -0.2) is 16.7 Å². The van der Waals surface area contributed by atoms with E-state index in [1.807, 2.05) is 12.2 Å². The molecular formula is C15H16Br4O2. The van der Waals surface area contributed by atoms with E-state index in [0.29, 0.717) is 12.8 Å². The molecule has 0 aromatic heterocycles. The quantitative estimate of drug-likeness (QED) is 0.386. The van der Waals surface area contributed by atoms with Gasteiger partial charge in [0, 0.05) is 18.3 Å². The molecule has 0 saturated carbocycles. The summed E-state index contributed by atoms with van der Waals surface area (Å²) in [6.07, 6.45) is 8.70. The lowest BCUT2D eigenvalue weighted by atomic mass is 9.71. The molecule has 0 heterocycles. The first-order valence-electron chi connectivity index (χ1n) is 6.44. The molecule has 2 aliphatic carbocycles. The van der Waals surface area contributed by atoms with Crippen LogP contribution < -0.4 is 0 Å². The van der Waals surface area contributed by atoms with Gasteiger partial charge in [-0.3, -0.25) is 0 Å². The van der Waals surface area contributed by atoms with E-state index >= 15 is 0 Å². The number of hydrogen-bond donors (Lipinski definition) is 2. The molecule has 0 unspecified atom stereocenters. The van der Waals surface area contributed by atoms with Crippen LogP contribution in [0.5, 0.6) is 0 Å². The Labute approximate surface area is 158 Å². The minimum Gasteiger partial charge on any atom is -0.510 e. The molecule has 0 aliphatic heterocycles.